The second-order valence-corrected chi connectivity index (χ2v) is 5.16. The highest BCUT2D eigenvalue weighted by Gasteiger charge is 2.32. The van der Waals surface area contributed by atoms with Crippen molar-refractivity contribution in [2.24, 2.45) is 0 Å². The Labute approximate surface area is 128 Å². The summed E-state index contributed by atoms with van der Waals surface area (Å²) in [6.07, 6.45) is 0.609. The molecule has 1 aromatic carbocycles. The van der Waals surface area contributed by atoms with E-state index in [1.54, 1.807) is 12.1 Å². The van der Waals surface area contributed by atoms with E-state index in [9.17, 15) is 14.0 Å². The Balaban J connectivity index is 1.97. The Hall–Kier alpha value is -2.15. The first-order valence-corrected chi connectivity index (χ1v) is 7.28. The first-order chi connectivity index (χ1) is 10.6. The van der Waals surface area contributed by atoms with Crippen LogP contribution in [0.3, 0.4) is 0 Å². The van der Waals surface area contributed by atoms with Gasteiger partial charge >= 0.3 is 6.03 Å². The molecule has 1 saturated heterocycles. The summed E-state index contributed by atoms with van der Waals surface area (Å²) in [5.41, 5.74) is 0.220. The Kier molecular flexibility index (Phi) is 5.32. The highest BCUT2D eigenvalue weighted by atomic mass is 19.1. The largest absolute Gasteiger partial charge is 0.394 e. The predicted molar refractivity (Wildman–Crippen MR) is 80.0 cm³/mol. The molecule has 0 aliphatic carbocycles. The molecule has 1 heterocycles. The van der Waals surface area contributed by atoms with E-state index < -0.39 is 11.8 Å². The van der Waals surface area contributed by atoms with Crippen LogP contribution in [0.25, 0.3) is 0 Å². The molecular weight excluding hydrogens is 289 g/mol. The summed E-state index contributed by atoms with van der Waals surface area (Å²) in [6, 6.07) is 5.35. The van der Waals surface area contributed by atoms with Gasteiger partial charge in [0.25, 0.3) is 0 Å². The van der Waals surface area contributed by atoms with Crippen molar-refractivity contribution < 1.29 is 19.1 Å². The Bertz CT molecular complexity index is 549. The Morgan fingerprint density at radius 3 is 2.77 bits per heavy atom. The SMILES string of the molecule is CCC(CO)NC(=O)CN1CCN(c2ccccc2F)C1=O. The van der Waals surface area contributed by atoms with Crippen LogP contribution in [0.1, 0.15) is 13.3 Å². The van der Waals surface area contributed by atoms with E-state index in [0.717, 1.165) is 0 Å². The highest BCUT2D eigenvalue weighted by molar-refractivity contribution is 5.96. The van der Waals surface area contributed by atoms with Gasteiger partial charge in [0.15, 0.2) is 0 Å². The molecule has 1 aliphatic heterocycles. The molecule has 1 fully saturated rings. The molecule has 2 rings (SSSR count). The van der Waals surface area contributed by atoms with Gasteiger partial charge in [0.05, 0.1) is 18.3 Å². The lowest BCUT2D eigenvalue weighted by Crippen LogP contribution is -2.44. The fourth-order valence-corrected chi connectivity index (χ4v) is 2.35. The molecule has 0 saturated carbocycles. The number of aliphatic hydroxyl groups is 1. The molecule has 0 spiro atoms. The quantitative estimate of drug-likeness (QED) is 0.822. The minimum absolute atomic E-state index is 0.0969. The second-order valence-electron chi connectivity index (χ2n) is 5.16. The third-order valence-corrected chi connectivity index (χ3v) is 3.65. The maximum absolute atomic E-state index is 13.7. The van der Waals surface area contributed by atoms with Crippen molar-refractivity contribution in [3.05, 3.63) is 30.1 Å². The summed E-state index contributed by atoms with van der Waals surface area (Å²) in [5.74, 6) is -0.793. The average Bonchev–Trinajstić information content (AvgIpc) is 2.86. The summed E-state index contributed by atoms with van der Waals surface area (Å²) in [6.45, 7) is 2.31. The van der Waals surface area contributed by atoms with E-state index in [1.807, 2.05) is 6.92 Å². The number of urea groups is 1. The van der Waals surface area contributed by atoms with Crippen LogP contribution in [0, 0.1) is 5.82 Å². The molecule has 1 aliphatic rings. The zero-order valence-corrected chi connectivity index (χ0v) is 12.5. The Morgan fingerprint density at radius 2 is 2.14 bits per heavy atom. The zero-order chi connectivity index (χ0) is 16.1. The third-order valence-electron chi connectivity index (χ3n) is 3.65. The number of anilines is 1. The fourth-order valence-electron chi connectivity index (χ4n) is 2.35. The molecule has 1 atom stereocenters. The van der Waals surface area contributed by atoms with E-state index in [0.29, 0.717) is 19.5 Å². The van der Waals surface area contributed by atoms with Crippen molar-refractivity contribution >= 4 is 17.6 Å². The van der Waals surface area contributed by atoms with E-state index in [-0.39, 0.29) is 30.8 Å². The number of halogens is 1. The van der Waals surface area contributed by atoms with Gasteiger partial charge in [-0.05, 0) is 18.6 Å². The fraction of sp³-hybridized carbons (Fsp3) is 0.467. The summed E-state index contributed by atoms with van der Waals surface area (Å²) in [5, 5.41) is 11.7. The van der Waals surface area contributed by atoms with Gasteiger partial charge in [0, 0.05) is 13.1 Å². The minimum atomic E-state index is -0.464. The third kappa shape index (κ3) is 3.54. The minimum Gasteiger partial charge on any atom is -0.394 e. The number of amides is 3. The topological polar surface area (TPSA) is 72.9 Å². The molecule has 1 aromatic rings. The van der Waals surface area contributed by atoms with E-state index >= 15 is 0 Å². The number of para-hydroxylation sites is 1. The monoisotopic (exact) mass is 309 g/mol. The summed E-state index contributed by atoms with van der Waals surface area (Å²) in [4.78, 5) is 26.8. The number of nitrogens with one attached hydrogen (secondary N) is 1. The van der Waals surface area contributed by atoms with Crippen molar-refractivity contribution in [1.29, 1.82) is 0 Å². The Morgan fingerprint density at radius 1 is 1.41 bits per heavy atom. The lowest BCUT2D eigenvalue weighted by Gasteiger charge is -2.20. The first kappa shape index (κ1) is 16.2. The van der Waals surface area contributed by atoms with Gasteiger partial charge in [0.2, 0.25) is 5.91 Å². The van der Waals surface area contributed by atoms with Gasteiger partial charge in [0.1, 0.15) is 12.4 Å². The normalized spacial score (nSPS) is 16.0. The predicted octanol–water partition coefficient (Wildman–Crippen LogP) is 0.955. The lowest BCUT2D eigenvalue weighted by molar-refractivity contribution is -0.122. The number of carbonyl (C=O) groups is 2. The molecule has 120 valence electrons. The smallest absolute Gasteiger partial charge is 0.325 e. The van der Waals surface area contributed by atoms with Crippen LogP contribution in [0.4, 0.5) is 14.9 Å². The van der Waals surface area contributed by atoms with Crippen molar-refractivity contribution in [3.8, 4) is 0 Å². The molecule has 22 heavy (non-hydrogen) atoms. The van der Waals surface area contributed by atoms with Crippen LogP contribution in [-0.2, 0) is 4.79 Å². The molecule has 0 radical (unpaired) electrons. The first-order valence-electron chi connectivity index (χ1n) is 7.28. The van der Waals surface area contributed by atoms with E-state index in [2.05, 4.69) is 5.32 Å². The standard InChI is InChI=1S/C15H20FN3O3/c1-2-11(10-20)17-14(21)9-18-7-8-19(15(18)22)13-6-4-3-5-12(13)16/h3-6,11,20H,2,7-10H2,1H3,(H,17,21). The van der Waals surface area contributed by atoms with Crippen LogP contribution in [-0.4, -0.2) is 54.2 Å². The molecular formula is C15H20FN3O3. The van der Waals surface area contributed by atoms with Gasteiger partial charge in [-0.3, -0.25) is 9.69 Å². The molecule has 6 nitrogen and oxygen atoms in total. The van der Waals surface area contributed by atoms with Crippen LogP contribution < -0.4 is 10.2 Å². The summed E-state index contributed by atoms with van der Waals surface area (Å²) in [7, 11) is 0. The van der Waals surface area contributed by atoms with Gasteiger partial charge in [-0.2, -0.15) is 0 Å². The number of rotatable bonds is 6. The molecule has 0 aromatic heterocycles. The number of aliphatic hydroxyl groups excluding tert-OH is 1. The van der Waals surface area contributed by atoms with E-state index in [4.69, 9.17) is 5.11 Å². The summed E-state index contributed by atoms with van der Waals surface area (Å²) < 4.78 is 13.7. The van der Waals surface area contributed by atoms with Gasteiger partial charge in [-0.15, -0.1) is 0 Å². The number of hydrogen-bond donors (Lipinski definition) is 2. The summed E-state index contributed by atoms with van der Waals surface area (Å²) >= 11 is 0. The average molecular weight is 309 g/mol. The van der Waals surface area contributed by atoms with Crippen LogP contribution in [0.2, 0.25) is 0 Å². The highest BCUT2D eigenvalue weighted by Crippen LogP contribution is 2.23. The molecule has 1 unspecified atom stereocenters. The molecule has 7 heteroatoms. The number of benzene rings is 1. The molecule has 3 amide bonds. The van der Waals surface area contributed by atoms with Crippen molar-refractivity contribution in [3.63, 3.8) is 0 Å². The lowest BCUT2D eigenvalue weighted by atomic mass is 10.2. The van der Waals surface area contributed by atoms with Crippen LogP contribution >= 0.6 is 0 Å². The zero-order valence-electron chi connectivity index (χ0n) is 12.5. The molecule has 0 bridgehead atoms. The maximum Gasteiger partial charge on any atom is 0.325 e. The second kappa shape index (κ2) is 7.22. The van der Waals surface area contributed by atoms with Crippen molar-refractivity contribution in [1.82, 2.24) is 10.2 Å². The van der Waals surface area contributed by atoms with Gasteiger partial charge in [-0.25, -0.2) is 9.18 Å². The number of carbonyl (C=O) groups excluding carboxylic acids is 2. The number of hydrogen-bond acceptors (Lipinski definition) is 3. The maximum atomic E-state index is 13.7. The van der Waals surface area contributed by atoms with Crippen LogP contribution in [0.5, 0.6) is 0 Å². The van der Waals surface area contributed by atoms with Gasteiger partial charge in [-0.1, -0.05) is 19.1 Å². The molecule has 2 N–H and O–H groups in total. The number of nitrogens with zero attached hydrogens (tertiary/aromatic N) is 2. The van der Waals surface area contributed by atoms with Gasteiger partial charge < -0.3 is 15.3 Å². The van der Waals surface area contributed by atoms with Crippen molar-refractivity contribution in [2.75, 3.05) is 31.1 Å². The van der Waals surface area contributed by atoms with Crippen molar-refractivity contribution in [2.45, 2.75) is 19.4 Å². The van der Waals surface area contributed by atoms with E-state index in [1.165, 1.54) is 21.9 Å². The van der Waals surface area contributed by atoms with Crippen LogP contribution in [0.15, 0.2) is 24.3 Å².